The molecule has 0 aliphatic heterocycles. The number of carbonyl (C=O) groups is 1. The van der Waals surface area contributed by atoms with Crippen LogP contribution in [0, 0.1) is 0 Å². The third kappa shape index (κ3) is 2.64. The van der Waals surface area contributed by atoms with E-state index < -0.39 is 17.7 Å². The predicted molar refractivity (Wildman–Crippen MR) is 68.7 cm³/mol. The highest BCUT2D eigenvalue weighted by Gasteiger charge is 2.31. The topological polar surface area (TPSA) is 42.2 Å². The fourth-order valence-corrected chi connectivity index (χ4v) is 2.23. The molecule has 1 aromatic heterocycles. The van der Waals surface area contributed by atoms with E-state index in [1.165, 1.54) is 6.07 Å². The average molecular weight is 285 g/mol. The summed E-state index contributed by atoms with van der Waals surface area (Å²) in [5.41, 5.74) is 0.202. The number of nitrogens with zero attached hydrogens (tertiary/aromatic N) is 1. The highest BCUT2D eigenvalue weighted by atomic mass is 19.4. The van der Waals surface area contributed by atoms with Gasteiger partial charge in [-0.25, -0.2) is 0 Å². The van der Waals surface area contributed by atoms with Crippen molar-refractivity contribution in [3.05, 3.63) is 35.5 Å². The summed E-state index contributed by atoms with van der Waals surface area (Å²) in [6.45, 7) is 3.68. The van der Waals surface area contributed by atoms with Gasteiger partial charge in [0.15, 0.2) is 0 Å². The van der Waals surface area contributed by atoms with Crippen molar-refractivity contribution in [1.82, 2.24) is 4.57 Å². The lowest BCUT2D eigenvalue weighted by Crippen LogP contribution is -2.05. The van der Waals surface area contributed by atoms with Crippen molar-refractivity contribution in [3.63, 3.8) is 0 Å². The van der Waals surface area contributed by atoms with Crippen molar-refractivity contribution in [3.8, 4) is 0 Å². The summed E-state index contributed by atoms with van der Waals surface area (Å²) in [6.07, 6.45) is -3.00. The van der Waals surface area contributed by atoms with Gasteiger partial charge in [-0.2, -0.15) is 13.2 Å². The van der Waals surface area contributed by atoms with Crippen molar-refractivity contribution < 1.29 is 23.1 Å². The van der Waals surface area contributed by atoms with Gasteiger partial charge in [0.2, 0.25) is 0 Å². The minimum absolute atomic E-state index is 0.0523. The Morgan fingerprint density at radius 3 is 2.50 bits per heavy atom. The molecule has 1 aromatic carbocycles. The van der Waals surface area contributed by atoms with Crippen LogP contribution in [0.1, 0.15) is 31.0 Å². The molecule has 3 nitrogen and oxygen atoms in total. The fourth-order valence-electron chi connectivity index (χ4n) is 2.23. The van der Waals surface area contributed by atoms with Gasteiger partial charge in [-0.3, -0.25) is 4.79 Å². The molecule has 108 valence electrons. The molecular weight excluding hydrogens is 271 g/mol. The molecule has 0 spiro atoms. The van der Waals surface area contributed by atoms with Crippen LogP contribution in [0.25, 0.3) is 10.9 Å². The van der Waals surface area contributed by atoms with E-state index in [2.05, 4.69) is 0 Å². The van der Waals surface area contributed by atoms with Crippen LogP contribution in [-0.4, -0.2) is 15.6 Å². The lowest BCUT2D eigenvalue weighted by atomic mass is 10.1. The molecule has 0 unspecified atom stereocenters. The fraction of sp³-hybridized carbons (Fsp3) is 0.357. The van der Waals surface area contributed by atoms with Gasteiger partial charge in [-0.15, -0.1) is 0 Å². The van der Waals surface area contributed by atoms with Crippen LogP contribution in [0.3, 0.4) is 0 Å². The van der Waals surface area contributed by atoms with Gasteiger partial charge in [-0.05, 0) is 31.5 Å². The Balaban J connectivity index is 2.67. The zero-order valence-electron chi connectivity index (χ0n) is 11.0. The standard InChI is InChI=1S/C14H14F3NO2/c1-8(2)18-7-9(5-13(19)20)11-4-3-10(6-12(11)18)14(15,16)17/h3-4,6-8H,5H2,1-2H3,(H,19,20). The number of hydrogen-bond acceptors (Lipinski definition) is 1. The molecule has 0 saturated carbocycles. The molecular formula is C14H14F3NO2. The van der Waals surface area contributed by atoms with Gasteiger partial charge in [0, 0.05) is 23.1 Å². The van der Waals surface area contributed by atoms with Crippen molar-refractivity contribution in [2.24, 2.45) is 0 Å². The summed E-state index contributed by atoms with van der Waals surface area (Å²) in [5, 5.41) is 9.42. The summed E-state index contributed by atoms with van der Waals surface area (Å²) in [4.78, 5) is 10.8. The summed E-state index contributed by atoms with van der Waals surface area (Å²) < 4.78 is 40.0. The minimum atomic E-state index is -4.41. The molecule has 0 saturated heterocycles. The van der Waals surface area contributed by atoms with E-state index in [1.807, 2.05) is 13.8 Å². The highest BCUT2D eigenvalue weighted by Crippen LogP contribution is 2.34. The number of hydrogen-bond donors (Lipinski definition) is 1. The number of alkyl halides is 3. The van der Waals surface area contributed by atoms with Crippen molar-refractivity contribution >= 4 is 16.9 Å². The maximum Gasteiger partial charge on any atom is 0.416 e. The summed E-state index contributed by atoms with van der Waals surface area (Å²) in [7, 11) is 0. The van der Waals surface area contributed by atoms with E-state index in [1.54, 1.807) is 10.8 Å². The van der Waals surface area contributed by atoms with E-state index in [4.69, 9.17) is 5.11 Å². The van der Waals surface area contributed by atoms with Crippen molar-refractivity contribution in [2.45, 2.75) is 32.5 Å². The average Bonchev–Trinajstić information content (AvgIpc) is 2.66. The van der Waals surface area contributed by atoms with Gasteiger partial charge in [0.25, 0.3) is 0 Å². The Kier molecular flexibility index (Phi) is 3.50. The second-order valence-corrected chi connectivity index (χ2v) is 4.96. The lowest BCUT2D eigenvalue weighted by Gasteiger charge is -2.11. The third-order valence-corrected chi connectivity index (χ3v) is 3.14. The largest absolute Gasteiger partial charge is 0.481 e. The third-order valence-electron chi connectivity index (χ3n) is 3.14. The molecule has 1 N–H and O–H groups in total. The Labute approximate surface area is 113 Å². The first-order valence-electron chi connectivity index (χ1n) is 6.12. The van der Waals surface area contributed by atoms with E-state index in [0.717, 1.165) is 12.1 Å². The monoisotopic (exact) mass is 285 g/mol. The second-order valence-electron chi connectivity index (χ2n) is 4.96. The molecule has 0 radical (unpaired) electrons. The van der Waals surface area contributed by atoms with Crippen molar-refractivity contribution in [1.29, 1.82) is 0 Å². The Bertz CT molecular complexity index is 656. The van der Waals surface area contributed by atoms with E-state index in [9.17, 15) is 18.0 Å². The number of halogens is 3. The number of aromatic nitrogens is 1. The van der Waals surface area contributed by atoms with Crippen LogP contribution in [-0.2, 0) is 17.4 Å². The zero-order chi connectivity index (χ0) is 15.1. The van der Waals surface area contributed by atoms with Gasteiger partial charge in [0.05, 0.1) is 12.0 Å². The van der Waals surface area contributed by atoms with E-state index in [-0.39, 0.29) is 12.5 Å². The van der Waals surface area contributed by atoms with Crippen LogP contribution in [0.4, 0.5) is 13.2 Å². The van der Waals surface area contributed by atoms with Crippen LogP contribution in [0.5, 0.6) is 0 Å². The smallest absolute Gasteiger partial charge is 0.416 e. The highest BCUT2D eigenvalue weighted by molar-refractivity contribution is 5.88. The molecule has 2 aromatic rings. The molecule has 0 atom stereocenters. The van der Waals surface area contributed by atoms with Crippen LogP contribution in [0.15, 0.2) is 24.4 Å². The molecule has 0 amide bonds. The first-order valence-corrected chi connectivity index (χ1v) is 6.12. The normalized spacial score (nSPS) is 12.3. The minimum Gasteiger partial charge on any atom is -0.481 e. The van der Waals surface area contributed by atoms with E-state index in [0.29, 0.717) is 16.5 Å². The number of carboxylic acid groups (broad SMARTS) is 1. The Hall–Kier alpha value is -1.98. The van der Waals surface area contributed by atoms with Gasteiger partial charge in [0.1, 0.15) is 0 Å². The second kappa shape index (κ2) is 4.85. The lowest BCUT2D eigenvalue weighted by molar-refractivity contribution is -0.138. The van der Waals surface area contributed by atoms with Gasteiger partial charge >= 0.3 is 12.1 Å². The quantitative estimate of drug-likeness (QED) is 0.930. The molecule has 1 heterocycles. The summed E-state index contributed by atoms with van der Waals surface area (Å²) >= 11 is 0. The maximum absolute atomic E-state index is 12.8. The number of carboxylic acids is 1. The first-order chi connectivity index (χ1) is 9.20. The molecule has 2 rings (SSSR count). The molecule has 6 heteroatoms. The molecule has 20 heavy (non-hydrogen) atoms. The number of aliphatic carboxylic acids is 1. The molecule has 0 bridgehead atoms. The van der Waals surface area contributed by atoms with Crippen molar-refractivity contribution in [2.75, 3.05) is 0 Å². The van der Waals surface area contributed by atoms with Gasteiger partial charge < -0.3 is 9.67 Å². The van der Waals surface area contributed by atoms with E-state index >= 15 is 0 Å². The van der Waals surface area contributed by atoms with Crippen LogP contribution in [0.2, 0.25) is 0 Å². The number of rotatable bonds is 3. The molecule has 0 aliphatic carbocycles. The van der Waals surface area contributed by atoms with Gasteiger partial charge in [-0.1, -0.05) is 6.07 Å². The number of fused-ring (bicyclic) bond motifs is 1. The zero-order valence-corrected chi connectivity index (χ0v) is 11.0. The maximum atomic E-state index is 12.8. The summed E-state index contributed by atoms with van der Waals surface area (Å²) in [5.74, 6) is -1.01. The summed E-state index contributed by atoms with van der Waals surface area (Å²) in [6, 6.07) is 3.34. The predicted octanol–water partition coefficient (Wildman–Crippen LogP) is 3.87. The Morgan fingerprint density at radius 1 is 1.35 bits per heavy atom. The van der Waals surface area contributed by atoms with Crippen LogP contribution < -0.4 is 0 Å². The van der Waals surface area contributed by atoms with Crippen LogP contribution >= 0.6 is 0 Å². The number of benzene rings is 1. The molecule has 0 aliphatic rings. The first kappa shape index (κ1) is 14.4. The Morgan fingerprint density at radius 2 is 2.00 bits per heavy atom. The SMILES string of the molecule is CC(C)n1cc(CC(=O)O)c2ccc(C(F)(F)F)cc21. The molecule has 0 fully saturated rings.